The van der Waals surface area contributed by atoms with Gasteiger partial charge in [-0.05, 0) is 17.2 Å². The molecule has 2 aromatic rings. The largest absolute Gasteiger partial charge is 0.273 e. The lowest BCUT2D eigenvalue weighted by Gasteiger charge is -2.05. The summed E-state index contributed by atoms with van der Waals surface area (Å²) in [6, 6.07) is 13.3. The number of carbonyl (C=O) groups is 1. The Morgan fingerprint density at radius 1 is 1.19 bits per heavy atom. The standard InChI is InChI=1S/C15H12ClN2O3/c16-14-7-6-13(18(20)21)9-12(14)10-17-15(19)8-11-4-2-1-3-5-11/h1-7,9H,8,10H2. The van der Waals surface area contributed by atoms with Crippen molar-refractivity contribution in [1.29, 1.82) is 0 Å². The molecule has 1 radical (unpaired) electrons. The second kappa shape index (κ2) is 6.85. The minimum absolute atomic E-state index is 0.0339. The SMILES string of the molecule is O=C(Cc1ccccc1)[N]Cc1cc([N+](=O)[O-])ccc1Cl. The Morgan fingerprint density at radius 2 is 1.90 bits per heavy atom. The molecule has 0 aliphatic rings. The van der Waals surface area contributed by atoms with E-state index in [-0.39, 0.29) is 24.6 Å². The highest BCUT2D eigenvalue weighted by molar-refractivity contribution is 6.31. The van der Waals surface area contributed by atoms with Crippen LogP contribution in [0.25, 0.3) is 0 Å². The van der Waals surface area contributed by atoms with Gasteiger partial charge < -0.3 is 0 Å². The predicted molar refractivity (Wildman–Crippen MR) is 79.1 cm³/mol. The first-order chi connectivity index (χ1) is 10.1. The van der Waals surface area contributed by atoms with Crippen LogP contribution in [0.1, 0.15) is 11.1 Å². The zero-order valence-corrected chi connectivity index (χ0v) is 11.8. The first kappa shape index (κ1) is 15.0. The molecule has 2 rings (SSSR count). The summed E-state index contributed by atoms with van der Waals surface area (Å²) in [6.07, 6.45) is 0.202. The van der Waals surface area contributed by atoms with Gasteiger partial charge in [0, 0.05) is 17.2 Å². The van der Waals surface area contributed by atoms with E-state index in [1.165, 1.54) is 18.2 Å². The summed E-state index contributed by atoms with van der Waals surface area (Å²) >= 11 is 5.95. The van der Waals surface area contributed by atoms with Crippen LogP contribution < -0.4 is 5.32 Å². The molecule has 0 saturated heterocycles. The summed E-state index contributed by atoms with van der Waals surface area (Å²) in [5, 5.41) is 15.0. The molecule has 0 aliphatic heterocycles. The van der Waals surface area contributed by atoms with Crippen LogP contribution in [0.4, 0.5) is 5.69 Å². The number of nitrogens with zero attached hydrogens (tertiary/aromatic N) is 2. The predicted octanol–water partition coefficient (Wildman–Crippen LogP) is 3.12. The molecule has 21 heavy (non-hydrogen) atoms. The van der Waals surface area contributed by atoms with Crippen molar-refractivity contribution in [3.8, 4) is 0 Å². The molecule has 0 fully saturated rings. The Hall–Kier alpha value is -2.40. The van der Waals surface area contributed by atoms with E-state index in [4.69, 9.17) is 11.6 Å². The van der Waals surface area contributed by atoms with Crippen LogP contribution in [0.2, 0.25) is 5.02 Å². The van der Waals surface area contributed by atoms with Crippen molar-refractivity contribution in [1.82, 2.24) is 5.32 Å². The van der Waals surface area contributed by atoms with Crippen LogP contribution >= 0.6 is 11.6 Å². The van der Waals surface area contributed by atoms with Crippen molar-refractivity contribution in [2.45, 2.75) is 13.0 Å². The number of halogens is 1. The maximum absolute atomic E-state index is 11.8. The molecule has 0 aliphatic carbocycles. The third kappa shape index (κ3) is 4.29. The number of hydrogen-bond acceptors (Lipinski definition) is 3. The zero-order valence-electron chi connectivity index (χ0n) is 11.0. The lowest BCUT2D eigenvalue weighted by molar-refractivity contribution is -0.384. The normalized spacial score (nSPS) is 10.1. The van der Waals surface area contributed by atoms with Gasteiger partial charge in [-0.25, -0.2) is 5.32 Å². The molecular formula is C15H12ClN2O3. The average Bonchev–Trinajstić information content (AvgIpc) is 2.47. The molecule has 0 aromatic heterocycles. The molecule has 0 heterocycles. The Kier molecular flexibility index (Phi) is 4.90. The highest BCUT2D eigenvalue weighted by Gasteiger charge is 2.12. The van der Waals surface area contributed by atoms with E-state index in [9.17, 15) is 14.9 Å². The van der Waals surface area contributed by atoms with E-state index in [1.54, 1.807) is 0 Å². The van der Waals surface area contributed by atoms with Crippen LogP contribution in [-0.4, -0.2) is 10.8 Å². The second-order valence-corrected chi connectivity index (χ2v) is 4.81. The number of non-ortho nitro benzene ring substituents is 1. The van der Waals surface area contributed by atoms with Crippen molar-refractivity contribution in [3.63, 3.8) is 0 Å². The van der Waals surface area contributed by atoms with E-state index < -0.39 is 4.92 Å². The summed E-state index contributed by atoms with van der Waals surface area (Å²) in [4.78, 5) is 22.0. The molecule has 0 atom stereocenters. The lowest BCUT2D eigenvalue weighted by Crippen LogP contribution is -2.17. The number of carbonyl (C=O) groups excluding carboxylic acids is 1. The van der Waals surface area contributed by atoms with Crippen LogP contribution in [0.15, 0.2) is 48.5 Å². The first-order valence-corrected chi connectivity index (χ1v) is 6.61. The summed E-state index contributed by atoms with van der Waals surface area (Å²) in [5.41, 5.74) is 1.27. The minimum Gasteiger partial charge on any atom is -0.273 e. The van der Waals surface area contributed by atoms with E-state index in [0.29, 0.717) is 10.6 Å². The van der Waals surface area contributed by atoms with Crippen molar-refractivity contribution < 1.29 is 9.72 Å². The smallest absolute Gasteiger partial charge is 0.269 e. The molecule has 1 amide bonds. The molecule has 0 N–H and O–H groups in total. The van der Waals surface area contributed by atoms with Crippen molar-refractivity contribution >= 4 is 23.2 Å². The Balaban J connectivity index is 1.98. The Bertz CT molecular complexity index is 659. The quantitative estimate of drug-likeness (QED) is 0.629. The fraction of sp³-hybridized carbons (Fsp3) is 0.133. The van der Waals surface area contributed by atoms with Crippen LogP contribution in [0.3, 0.4) is 0 Å². The Labute approximate surface area is 126 Å². The van der Waals surface area contributed by atoms with Crippen LogP contribution in [0, 0.1) is 10.1 Å². The number of rotatable bonds is 5. The average molecular weight is 304 g/mol. The molecule has 6 heteroatoms. The number of nitro groups is 1. The topological polar surface area (TPSA) is 74.3 Å². The van der Waals surface area contributed by atoms with E-state index >= 15 is 0 Å². The molecule has 5 nitrogen and oxygen atoms in total. The number of amides is 1. The summed E-state index contributed by atoms with van der Waals surface area (Å²) < 4.78 is 0. The van der Waals surface area contributed by atoms with Crippen LogP contribution in [0.5, 0.6) is 0 Å². The van der Waals surface area contributed by atoms with Gasteiger partial charge in [0.25, 0.3) is 5.69 Å². The van der Waals surface area contributed by atoms with Gasteiger partial charge in [0.15, 0.2) is 0 Å². The van der Waals surface area contributed by atoms with E-state index in [0.717, 1.165) is 5.56 Å². The van der Waals surface area contributed by atoms with Crippen molar-refractivity contribution in [3.05, 3.63) is 74.8 Å². The van der Waals surface area contributed by atoms with Gasteiger partial charge in [0.05, 0.1) is 17.9 Å². The summed E-state index contributed by atoms with van der Waals surface area (Å²) in [5.74, 6) is -0.288. The van der Waals surface area contributed by atoms with Crippen molar-refractivity contribution in [2.24, 2.45) is 0 Å². The van der Waals surface area contributed by atoms with Crippen LogP contribution in [-0.2, 0) is 17.8 Å². The summed E-state index contributed by atoms with van der Waals surface area (Å²) in [6.45, 7) is 0.0339. The van der Waals surface area contributed by atoms with Gasteiger partial charge in [-0.1, -0.05) is 41.9 Å². The van der Waals surface area contributed by atoms with Crippen molar-refractivity contribution in [2.75, 3.05) is 0 Å². The maximum Gasteiger partial charge on any atom is 0.269 e. The minimum atomic E-state index is -0.508. The zero-order chi connectivity index (χ0) is 15.2. The van der Waals surface area contributed by atoms with Gasteiger partial charge >= 0.3 is 0 Å². The third-order valence-electron chi connectivity index (χ3n) is 2.86. The van der Waals surface area contributed by atoms with Gasteiger partial charge in [-0.15, -0.1) is 0 Å². The van der Waals surface area contributed by atoms with Gasteiger partial charge in [0.2, 0.25) is 5.91 Å². The molecule has 0 spiro atoms. The van der Waals surface area contributed by atoms with Gasteiger partial charge in [-0.2, -0.15) is 0 Å². The van der Waals surface area contributed by atoms with Gasteiger partial charge in [0.1, 0.15) is 0 Å². The van der Waals surface area contributed by atoms with Gasteiger partial charge in [-0.3, -0.25) is 14.9 Å². The number of hydrogen-bond donors (Lipinski definition) is 0. The maximum atomic E-state index is 11.8. The molecule has 107 valence electrons. The molecular weight excluding hydrogens is 292 g/mol. The highest BCUT2D eigenvalue weighted by atomic mass is 35.5. The number of nitro benzene ring substituents is 1. The third-order valence-corrected chi connectivity index (χ3v) is 3.23. The lowest BCUT2D eigenvalue weighted by atomic mass is 10.1. The molecule has 0 saturated carbocycles. The first-order valence-electron chi connectivity index (χ1n) is 6.23. The fourth-order valence-electron chi connectivity index (χ4n) is 1.80. The molecule has 2 aromatic carbocycles. The molecule has 0 bridgehead atoms. The monoisotopic (exact) mass is 303 g/mol. The summed E-state index contributed by atoms with van der Waals surface area (Å²) in [7, 11) is 0. The second-order valence-electron chi connectivity index (χ2n) is 4.41. The van der Waals surface area contributed by atoms with E-state index in [1.807, 2.05) is 30.3 Å². The molecule has 0 unspecified atom stereocenters. The highest BCUT2D eigenvalue weighted by Crippen LogP contribution is 2.22. The number of benzene rings is 2. The Morgan fingerprint density at radius 3 is 2.57 bits per heavy atom. The fourth-order valence-corrected chi connectivity index (χ4v) is 1.97. The van der Waals surface area contributed by atoms with E-state index in [2.05, 4.69) is 5.32 Å².